The van der Waals surface area contributed by atoms with E-state index in [1.807, 2.05) is 267 Å². The first-order valence-corrected chi connectivity index (χ1v) is 68.6. The van der Waals surface area contributed by atoms with Gasteiger partial charge in [-0.1, -0.05) is 480 Å². The highest BCUT2D eigenvalue weighted by Crippen LogP contribution is 2.56. The molecule has 7 heterocycles. The Balaban J connectivity index is 0.000000116. The molecular weight excluding hydrogens is 1950 g/mol. The standard InChI is InChI=1S/2C44H36N3OPSi.C43H36N3OPSi2/c1-44(2)35-25-24-31(43-46-41(29-16-8-5-9-17-29)45-42(47-43)30-18-10-6-11-19-30)26-33(35)34-27-38-40(28-36(34)44)50(3,4)39-23-15-14-22-37(39)49(38,48)32-20-12-7-13-21-32;1-44(2)35-23-15-14-22-33(35)34-27-38-40(28-36(34)44)50(3,4)39-25-24-31(26-37(39)49(38,48)32-20-12-7-13-21-32)43-46-41(29-16-8-5-9-17-29)45-42(47-43)30-18-10-6-11-19-30;1-49(2)37-25-24-31(43-45-41(29-16-8-5-9-17-29)44-42(46-43)30-18-10-6-11-19-30)26-33(37)34-27-36-40(28-39(34)49)50(3,4)38-23-15-14-22-35(38)48(36,47)32-20-12-7-13-21-32/h3*5-28H,1-4H3. The molecule has 0 saturated carbocycles. The number of rotatable bonds is 12. The predicted molar refractivity (Wildman–Crippen MR) is 634 cm³/mol. The first kappa shape index (κ1) is 95.5. The summed E-state index contributed by atoms with van der Waals surface area (Å²) in [6, 6.07) is 151. The van der Waals surface area contributed by atoms with Crippen LogP contribution < -0.4 is 89.2 Å². The maximum atomic E-state index is 16.4. The third-order valence-corrected chi connectivity index (χ3v) is 57.2. The van der Waals surface area contributed by atoms with Gasteiger partial charge in [-0.05, 0) is 134 Å². The first-order valence-electron chi connectivity index (χ1n) is 51.4. The Kier molecular flexibility index (Phi) is 23.0. The molecular formula is C131H108N9O3P3Si4. The van der Waals surface area contributed by atoms with Gasteiger partial charge in [0.15, 0.2) is 73.8 Å². The van der Waals surface area contributed by atoms with Crippen molar-refractivity contribution >= 4 is 143 Å². The van der Waals surface area contributed by atoms with E-state index in [-0.39, 0.29) is 10.8 Å². The number of aromatic nitrogens is 9. The first-order chi connectivity index (χ1) is 72.5. The van der Waals surface area contributed by atoms with Crippen molar-refractivity contribution < 1.29 is 13.7 Å². The molecule has 0 fully saturated rings. The highest BCUT2D eigenvalue weighted by Gasteiger charge is 2.54. The summed E-state index contributed by atoms with van der Waals surface area (Å²) in [6.45, 7) is 28.7. The second-order valence-electron chi connectivity index (χ2n) is 43.3. The normalized spacial score (nSPS) is 17.7. The zero-order valence-corrected chi connectivity index (χ0v) is 92.3. The molecule has 0 spiro atoms. The zero-order valence-electron chi connectivity index (χ0n) is 85.7. The average molecular weight is 2060 g/mol. The second kappa shape index (κ2) is 36.2. The third-order valence-electron chi connectivity index (χ3n) is 32.4. The van der Waals surface area contributed by atoms with Gasteiger partial charge in [0.25, 0.3) is 0 Å². The molecule has 12 nitrogen and oxygen atoms in total. The SMILES string of the molecule is CC1(C)c2ccc(-c3nc(-c4ccccc4)nc(-c4ccccc4)n3)cc2-c2cc3c(cc21)[Si](C)(C)c1ccccc1P3(=O)c1ccccc1.CC1(C)c2ccccc2-c2cc3c(cc21)[Si](C)(C)c1ccc(-c2nc(-c4ccccc4)nc(-c4ccccc4)n2)cc1P3(=O)c1ccccc1.C[Si]1(C)c2ccc(-c3nc(-c4ccccc4)nc(-c4ccccc4)n3)cc2-c2cc3c(cc21)[Si](C)(C)c1ccccc1P3(=O)c1ccccc1. The summed E-state index contributed by atoms with van der Waals surface area (Å²) in [6.07, 6.45) is 0. The van der Waals surface area contributed by atoms with Crippen molar-refractivity contribution in [2.45, 2.75) is 90.9 Å². The Morgan fingerprint density at radius 2 is 0.400 bits per heavy atom. The molecule has 3 atom stereocenters. The minimum absolute atomic E-state index is 0.141. The van der Waals surface area contributed by atoms with Crippen LogP contribution in [0.5, 0.6) is 0 Å². The summed E-state index contributed by atoms with van der Waals surface area (Å²) < 4.78 is 48.1. The molecule has 726 valence electrons. The minimum Gasteiger partial charge on any atom is -0.309 e. The summed E-state index contributed by atoms with van der Waals surface area (Å²) in [4.78, 5) is 45.0. The smallest absolute Gasteiger partial charge is 0.170 e. The van der Waals surface area contributed by atoms with Gasteiger partial charge >= 0.3 is 0 Å². The largest absolute Gasteiger partial charge is 0.309 e. The van der Waals surface area contributed by atoms with Crippen LogP contribution in [0.2, 0.25) is 52.4 Å². The molecule has 6 aliphatic rings. The fraction of sp³-hybridized carbons (Fsp3) is 0.107. The number of hydrogen-bond acceptors (Lipinski definition) is 12. The Hall–Kier alpha value is -15.5. The molecule has 3 unspecified atom stereocenters. The maximum Gasteiger partial charge on any atom is 0.170 e. The molecule has 2 aliphatic carbocycles. The second-order valence-corrected chi connectivity index (χ2v) is 68.7. The molecule has 18 aromatic carbocycles. The van der Waals surface area contributed by atoms with Crippen molar-refractivity contribution in [2.24, 2.45) is 0 Å². The summed E-state index contributed by atoms with van der Waals surface area (Å²) in [5.74, 6) is 5.62. The van der Waals surface area contributed by atoms with Gasteiger partial charge in [-0.15, -0.1) is 0 Å². The maximum absolute atomic E-state index is 16.4. The van der Waals surface area contributed by atoms with E-state index in [0.717, 1.165) is 109 Å². The van der Waals surface area contributed by atoms with Crippen molar-refractivity contribution in [3.05, 3.63) is 459 Å². The van der Waals surface area contributed by atoms with Crippen LogP contribution in [-0.4, -0.2) is 77.2 Å². The molecule has 0 bridgehead atoms. The van der Waals surface area contributed by atoms with Gasteiger partial charge in [-0.2, -0.15) is 0 Å². The van der Waals surface area contributed by atoms with Crippen LogP contribution in [0.1, 0.15) is 49.9 Å². The number of fused-ring (bicyclic) bond motifs is 15. The van der Waals surface area contributed by atoms with Crippen molar-refractivity contribution in [1.82, 2.24) is 44.9 Å². The van der Waals surface area contributed by atoms with E-state index in [1.165, 1.54) is 86.0 Å². The minimum atomic E-state index is -3.34. The van der Waals surface area contributed by atoms with Crippen molar-refractivity contribution in [3.8, 4) is 136 Å². The molecule has 21 aromatic rings. The number of hydrogen-bond donors (Lipinski definition) is 0. The molecule has 3 aromatic heterocycles. The molecule has 19 heteroatoms. The molecule has 150 heavy (non-hydrogen) atoms. The van der Waals surface area contributed by atoms with E-state index in [4.69, 9.17) is 44.9 Å². The van der Waals surface area contributed by atoms with Crippen molar-refractivity contribution in [1.29, 1.82) is 0 Å². The number of nitrogens with zero attached hydrogens (tertiary/aromatic N) is 9. The van der Waals surface area contributed by atoms with E-state index in [2.05, 4.69) is 250 Å². The van der Waals surface area contributed by atoms with Crippen LogP contribution in [0.15, 0.2) is 437 Å². The molecule has 0 amide bonds. The topological polar surface area (TPSA) is 167 Å². The average Bonchev–Trinajstić information content (AvgIpc) is 1.49. The Bertz CT molecular complexity index is 8700. The Morgan fingerprint density at radius 1 is 0.167 bits per heavy atom. The summed E-state index contributed by atoms with van der Waals surface area (Å²) in [5, 5.41) is 18.9. The molecule has 4 aliphatic heterocycles. The lowest BCUT2D eigenvalue weighted by Gasteiger charge is -2.39. The van der Waals surface area contributed by atoms with Crippen LogP contribution >= 0.6 is 21.4 Å². The summed E-state index contributed by atoms with van der Waals surface area (Å²) in [7, 11) is -18.5. The lowest BCUT2D eigenvalue weighted by Crippen LogP contribution is -2.68. The Morgan fingerprint density at radius 3 is 0.767 bits per heavy atom. The van der Waals surface area contributed by atoms with Crippen molar-refractivity contribution in [2.75, 3.05) is 0 Å². The van der Waals surface area contributed by atoms with Gasteiger partial charge in [0.2, 0.25) is 0 Å². The monoisotopic (exact) mass is 2060 g/mol. The highest BCUT2D eigenvalue weighted by atomic mass is 31.2. The van der Waals surface area contributed by atoms with E-state index in [9.17, 15) is 0 Å². The van der Waals surface area contributed by atoms with Crippen LogP contribution in [-0.2, 0) is 24.5 Å². The van der Waals surface area contributed by atoms with E-state index >= 15 is 13.7 Å². The van der Waals surface area contributed by atoms with Crippen LogP contribution in [0, 0.1) is 0 Å². The summed E-state index contributed by atoms with van der Waals surface area (Å²) >= 11 is 0. The van der Waals surface area contributed by atoms with E-state index in [0.29, 0.717) is 52.4 Å². The zero-order chi connectivity index (χ0) is 103. The quantitative estimate of drug-likeness (QED) is 0.0840. The van der Waals surface area contributed by atoms with Gasteiger partial charge < -0.3 is 13.7 Å². The summed E-state index contributed by atoms with van der Waals surface area (Å²) in [5.41, 5.74) is 20.3. The fourth-order valence-electron chi connectivity index (χ4n) is 24.3. The van der Waals surface area contributed by atoms with Crippen molar-refractivity contribution in [3.63, 3.8) is 0 Å². The molecule has 27 rings (SSSR count). The lowest BCUT2D eigenvalue weighted by atomic mass is 9.82. The Labute approximate surface area is 880 Å². The molecule has 0 radical (unpaired) electrons. The third kappa shape index (κ3) is 15.4. The molecule has 0 saturated heterocycles. The lowest BCUT2D eigenvalue weighted by molar-refractivity contribution is 0.591. The van der Waals surface area contributed by atoms with Crippen LogP contribution in [0.25, 0.3) is 136 Å². The molecule has 0 N–H and O–H groups in total. The number of benzene rings is 18. The van der Waals surface area contributed by atoms with Crippen LogP contribution in [0.4, 0.5) is 0 Å². The van der Waals surface area contributed by atoms with E-state index in [1.54, 1.807) is 0 Å². The van der Waals surface area contributed by atoms with E-state index < -0.39 is 53.7 Å². The van der Waals surface area contributed by atoms with Gasteiger partial charge in [-0.3, -0.25) is 0 Å². The highest BCUT2D eigenvalue weighted by molar-refractivity contribution is 7.88. The van der Waals surface area contributed by atoms with Gasteiger partial charge in [0.1, 0.15) is 32.3 Å². The van der Waals surface area contributed by atoms with Gasteiger partial charge in [-0.25, -0.2) is 44.9 Å². The fourth-order valence-corrected chi connectivity index (χ4v) is 52.1. The predicted octanol–water partition coefficient (Wildman–Crippen LogP) is 22.4. The van der Waals surface area contributed by atoms with Gasteiger partial charge in [0, 0.05) is 109 Å². The van der Waals surface area contributed by atoms with Gasteiger partial charge in [0.05, 0.1) is 0 Å². The van der Waals surface area contributed by atoms with Crippen LogP contribution in [0.3, 0.4) is 0 Å².